The number of carbonyl (C=O) groups excluding carboxylic acids is 1. The minimum absolute atomic E-state index is 0.305. The van der Waals surface area contributed by atoms with Crippen molar-refractivity contribution in [2.75, 3.05) is 5.32 Å². The number of hydrogen-bond donors (Lipinski definition) is 2. The molecule has 0 aliphatic carbocycles. The zero-order valence-electron chi connectivity index (χ0n) is 9.64. The summed E-state index contributed by atoms with van der Waals surface area (Å²) in [4.78, 5) is 11.6. The maximum atomic E-state index is 11.6. The first-order valence-electron chi connectivity index (χ1n) is 5.42. The lowest BCUT2D eigenvalue weighted by molar-refractivity contribution is 0.251. The summed E-state index contributed by atoms with van der Waals surface area (Å²) < 4.78 is 5.10. The highest BCUT2D eigenvalue weighted by molar-refractivity contribution is 5.89. The minimum atomic E-state index is -0.305. The van der Waals surface area contributed by atoms with E-state index in [4.69, 9.17) is 10.8 Å². The number of terminal acetylenes is 1. The maximum absolute atomic E-state index is 11.6. The van der Waals surface area contributed by atoms with Gasteiger partial charge in [-0.05, 0) is 30.3 Å². The Kier molecular flexibility index (Phi) is 3.67. The average molecular weight is 240 g/mol. The Bertz CT molecular complexity index is 568. The van der Waals surface area contributed by atoms with Gasteiger partial charge in [-0.2, -0.15) is 0 Å². The molecule has 0 saturated carbocycles. The third kappa shape index (κ3) is 3.16. The summed E-state index contributed by atoms with van der Waals surface area (Å²) in [5.74, 6) is 3.21. The summed E-state index contributed by atoms with van der Waals surface area (Å²) in [6.45, 7) is 0.341. The molecule has 0 atom stereocenters. The third-order valence-electron chi connectivity index (χ3n) is 2.29. The molecule has 0 fully saturated rings. The summed E-state index contributed by atoms with van der Waals surface area (Å²) in [5.41, 5.74) is 1.38. The highest BCUT2D eigenvalue weighted by Crippen LogP contribution is 2.09. The van der Waals surface area contributed by atoms with Crippen LogP contribution in [0.4, 0.5) is 10.5 Å². The first kappa shape index (κ1) is 11.8. The van der Waals surface area contributed by atoms with Crippen LogP contribution in [0.5, 0.6) is 0 Å². The number of furan rings is 1. The molecule has 0 saturated heterocycles. The quantitative estimate of drug-likeness (QED) is 0.810. The van der Waals surface area contributed by atoms with Crippen molar-refractivity contribution in [2.24, 2.45) is 0 Å². The number of rotatable bonds is 3. The SMILES string of the molecule is C#Cc1cccc(NC(=O)NCc2ccco2)c1. The molecule has 0 bridgehead atoms. The molecule has 18 heavy (non-hydrogen) atoms. The van der Waals surface area contributed by atoms with E-state index in [0.717, 1.165) is 5.56 Å². The Labute approximate surface area is 105 Å². The predicted octanol–water partition coefficient (Wildman–Crippen LogP) is 2.58. The van der Waals surface area contributed by atoms with Gasteiger partial charge in [-0.3, -0.25) is 0 Å². The Hall–Kier alpha value is -2.67. The molecule has 4 heteroatoms. The summed E-state index contributed by atoms with van der Waals surface area (Å²) in [5, 5.41) is 5.37. The van der Waals surface area contributed by atoms with Gasteiger partial charge in [0.15, 0.2) is 0 Å². The van der Waals surface area contributed by atoms with Gasteiger partial charge in [0.1, 0.15) is 5.76 Å². The molecular formula is C14H12N2O2. The van der Waals surface area contributed by atoms with Crippen LogP contribution in [-0.4, -0.2) is 6.03 Å². The minimum Gasteiger partial charge on any atom is -0.467 e. The van der Waals surface area contributed by atoms with Crippen LogP contribution in [0.1, 0.15) is 11.3 Å². The summed E-state index contributed by atoms with van der Waals surface area (Å²) in [7, 11) is 0. The molecule has 4 nitrogen and oxygen atoms in total. The number of amides is 2. The van der Waals surface area contributed by atoms with Crippen molar-refractivity contribution in [2.45, 2.75) is 6.54 Å². The van der Waals surface area contributed by atoms with E-state index in [2.05, 4.69) is 16.6 Å². The molecule has 0 unspecified atom stereocenters. The number of carbonyl (C=O) groups is 1. The molecule has 1 aromatic heterocycles. The lowest BCUT2D eigenvalue weighted by Gasteiger charge is -2.06. The Morgan fingerprint density at radius 3 is 2.94 bits per heavy atom. The molecule has 2 amide bonds. The zero-order valence-corrected chi connectivity index (χ0v) is 9.64. The van der Waals surface area contributed by atoms with Gasteiger partial charge in [0, 0.05) is 11.3 Å². The van der Waals surface area contributed by atoms with Crippen molar-refractivity contribution < 1.29 is 9.21 Å². The van der Waals surface area contributed by atoms with Gasteiger partial charge in [0.2, 0.25) is 0 Å². The largest absolute Gasteiger partial charge is 0.467 e. The smallest absolute Gasteiger partial charge is 0.319 e. The van der Waals surface area contributed by atoms with Crippen molar-refractivity contribution >= 4 is 11.7 Å². The fourth-order valence-electron chi connectivity index (χ4n) is 1.44. The number of urea groups is 1. The van der Waals surface area contributed by atoms with Crippen molar-refractivity contribution in [1.29, 1.82) is 0 Å². The monoisotopic (exact) mass is 240 g/mol. The molecule has 1 aromatic carbocycles. The molecule has 0 aliphatic rings. The van der Waals surface area contributed by atoms with Gasteiger partial charge in [-0.15, -0.1) is 6.42 Å². The summed E-state index contributed by atoms with van der Waals surface area (Å²) in [6.07, 6.45) is 6.84. The molecule has 0 spiro atoms. The fourth-order valence-corrected chi connectivity index (χ4v) is 1.44. The van der Waals surface area contributed by atoms with E-state index < -0.39 is 0 Å². The maximum Gasteiger partial charge on any atom is 0.319 e. The van der Waals surface area contributed by atoms with Crippen LogP contribution in [0, 0.1) is 12.3 Å². The third-order valence-corrected chi connectivity index (χ3v) is 2.29. The highest BCUT2D eigenvalue weighted by atomic mass is 16.3. The molecular weight excluding hydrogens is 228 g/mol. The molecule has 1 heterocycles. The van der Waals surface area contributed by atoms with E-state index in [0.29, 0.717) is 18.0 Å². The van der Waals surface area contributed by atoms with Gasteiger partial charge in [0.05, 0.1) is 12.8 Å². The van der Waals surface area contributed by atoms with E-state index >= 15 is 0 Å². The average Bonchev–Trinajstić information content (AvgIpc) is 2.90. The standard InChI is InChI=1S/C14H12N2O2/c1-2-11-5-3-6-12(9-11)16-14(17)15-10-13-7-4-8-18-13/h1,3-9H,10H2,(H2,15,16,17). The summed E-state index contributed by atoms with van der Waals surface area (Å²) in [6, 6.07) is 10.3. The van der Waals surface area contributed by atoms with E-state index in [-0.39, 0.29) is 6.03 Å². The van der Waals surface area contributed by atoms with Crippen LogP contribution in [0.15, 0.2) is 47.1 Å². The number of hydrogen-bond acceptors (Lipinski definition) is 2. The number of nitrogens with one attached hydrogen (secondary N) is 2. The van der Waals surface area contributed by atoms with E-state index in [1.54, 1.807) is 42.7 Å². The highest BCUT2D eigenvalue weighted by Gasteiger charge is 2.02. The van der Waals surface area contributed by atoms with Gasteiger partial charge in [0.25, 0.3) is 0 Å². The molecule has 2 rings (SSSR count). The van der Waals surface area contributed by atoms with Gasteiger partial charge in [-0.25, -0.2) is 4.79 Å². The second-order valence-electron chi connectivity index (χ2n) is 3.61. The van der Waals surface area contributed by atoms with E-state index in [1.807, 2.05) is 0 Å². The second kappa shape index (κ2) is 5.60. The molecule has 0 aliphatic heterocycles. The molecule has 2 aromatic rings. The molecule has 2 N–H and O–H groups in total. The van der Waals surface area contributed by atoms with Crippen LogP contribution in [0.3, 0.4) is 0 Å². The van der Waals surface area contributed by atoms with Crippen LogP contribution in [0.25, 0.3) is 0 Å². The van der Waals surface area contributed by atoms with Gasteiger partial charge < -0.3 is 15.1 Å². The van der Waals surface area contributed by atoms with Crippen LogP contribution < -0.4 is 10.6 Å². The topological polar surface area (TPSA) is 54.3 Å². The van der Waals surface area contributed by atoms with Crippen molar-refractivity contribution in [3.05, 3.63) is 54.0 Å². The normalized spacial score (nSPS) is 9.50. The Morgan fingerprint density at radius 1 is 1.33 bits per heavy atom. The lowest BCUT2D eigenvalue weighted by Crippen LogP contribution is -2.27. The number of anilines is 1. The van der Waals surface area contributed by atoms with Crippen molar-refractivity contribution in [1.82, 2.24) is 5.32 Å². The zero-order chi connectivity index (χ0) is 12.8. The van der Waals surface area contributed by atoms with Crippen molar-refractivity contribution in [3.8, 4) is 12.3 Å². The van der Waals surface area contributed by atoms with E-state index in [1.165, 1.54) is 0 Å². The number of benzene rings is 1. The van der Waals surface area contributed by atoms with Crippen LogP contribution in [-0.2, 0) is 6.54 Å². The molecule has 90 valence electrons. The van der Waals surface area contributed by atoms with Gasteiger partial charge >= 0.3 is 6.03 Å². The first-order chi connectivity index (χ1) is 8.78. The van der Waals surface area contributed by atoms with Gasteiger partial charge in [-0.1, -0.05) is 12.0 Å². The van der Waals surface area contributed by atoms with Crippen LogP contribution in [0.2, 0.25) is 0 Å². The first-order valence-corrected chi connectivity index (χ1v) is 5.42. The summed E-state index contributed by atoms with van der Waals surface area (Å²) >= 11 is 0. The Balaban J connectivity index is 1.89. The van der Waals surface area contributed by atoms with Crippen LogP contribution >= 0.6 is 0 Å². The molecule has 0 radical (unpaired) electrons. The predicted molar refractivity (Wildman–Crippen MR) is 68.9 cm³/mol. The lowest BCUT2D eigenvalue weighted by atomic mass is 10.2. The Morgan fingerprint density at radius 2 is 2.22 bits per heavy atom. The van der Waals surface area contributed by atoms with Crippen molar-refractivity contribution in [3.63, 3.8) is 0 Å². The second-order valence-corrected chi connectivity index (χ2v) is 3.61. The fraction of sp³-hybridized carbons (Fsp3) is 0.0714. The van der Waals surface area contributed by atoms with E-state index in [9.17, 15) is 4.79 Å².